The van der Waals surface area contributed by atoms with E-state index in [9.17, 15) is 9.59 Å². The lowest BCUT2D eigenvalue weighted by Crippen LogP contribution is -2.47. The fraction of sp³-hybridized carbons (Fsp3) is 0.520. The fourth-order valence-electron chi connectivity index (χ4n) is 5.49. The maximum absolute atomic E-state index is 12.5. The molecule has 0 unspecified atom stereocenters. The van der Waals surface area contributed by atoms with Crippen LogP contribution in [0.1, 0.15) is 50.9 Å². The molecule has 34 heavy (non-hydrogen) atoms. The van der Waals surface area contributed by atoms with Gasteiger partial charge in [0.05, 0.1) is 31.0 Å². The molecular formula is C25H32N6O3. The quantitative estimate of drug-likeness (QED) is 0.721. The van der Waals surface area contributed by atoms with E-state index < -0.39 is 0 Å². The number of rotatable bonds is 4. The summed E-state index contributed by atoms with van der Waals surface area (Å²) in [5.41, 5.74) is 3.77. The van der Waals surface area contributed by atoms with E-state index >= 15 is 0 Å². The smallest absolute Gasteiger partial charge is 0.319 e. The summed E-state index contributed by atoms with van der Waals surface area (Å²) in [4.78, 5) is 38.8. The second-order valence-electron chi connectivity index (χ2n) is 9.29. The largest absolute Gasteiger partial charge is 0.377 e. The molecule has 3 amide bonds. The second kappa shape index (κ2) is 9.21. The van der Waals surface area contributed by atoms with Crippen molar-refractivity contribution in [3.63, 3.8) is 0 Å². The number of urea groups is 1. The van der Waals surface area contributed by atoms with E-state index in [1.54, 1.807) is 6.92 Å². The van der Waals surface area contributed by atoms with Crippen LogP contribution in [0.3, 0.4) is 0 Å². The number of morpholine rings is 1. The van der Waals surface area contributed by atoms with Crippen LogP contribution >= 0.6 is 0 Å². The number of carbonyl (C=O) groups is 2. The summed E-state index contributed by atoms with van der Waals surface area (Å²) < 4.78 is 5.69. The van der Waals surface area contributed by atoms with Gasteiger partial charge in [-0.2, -0.15) is 0 Å². The van der Waals surface area contributed by atoms with Gasteiger partial charge in [-0.3, -0.25) is 4.79 Å². The average Bonchev–Trinajstić information content (AvgIpc) is 3.14. The maximum Gasteiger partial charge on any atom is 0.319 e. The van der Waals surface area contributed by atoms with E-state index in [0.717, 1.165) is 48.4 Å². The molecule has 3 aliphatic heterocycles. The minimum Gasteiger partial charge on any atom is -0.377 e. The summed E-state index contributed by atoms with van der Waals surface area (Å²) in [5.74, 6) is 1.73. The second-order valence-corrected chi connectivity index (χ2v) is 9.29. The molecule has 2 aromatic rings. The van der Waals surface area contributed by atoms with Gasteiger partial charge in [0.25, 0.3) is 0 Å². The van der Waals surface area contributed by atoms with Gasteiger partial charge >= 0.3 is 6.03 Å². The van der Waals surface area contributed by atoms with E-state index in [1.807, 2.05) is 36.1 Å². The molecule has 2 fully saturated rings. The summed E-state index contributed by atoms with van der Waals surface area (Å²) in [6.45, 7) is 8.33. The van der Waals surface area contributed by atoms with Gasteiger partial charge in [-0.05, 0) is 51.0 Å². The predicted octanol–water partition coefficient (Wildman–Crippen LogP) is 3.12. The fourth-order valence-corrected chi connectivity index (χ4v) is 5.49. The van der Waals surface area contributed by atoms with Gasteiger partial charge in [-0.25, -0.2) is 14.8 Å². The Hall–Kier alpha value is -3.20. The first-order valence-electron chi connectivity index (χ1n) is 12.2. The highest BCUT2D eigenvalue weighted by atomic mass is 16.5. The van der Waals surface area contributed by atoms with Crippen LogP contribution in [0.4, 0.5) is 16.3 Å². The summed E-state index contributed by atoms with van der Waals surface area (Å²) in [6.07, 6.45) is 2.70. The van der Waals surface area contributed by atoms with Crippen LogP contribution in [0.15, 0.2) is 24.3 Å². The Balaban J connectivity index is 1.54. The van der Waals surface area contributed by atoms with E-state index in [0.29, 0.717) is 31.3 Å². The lowest BCUT2D eigenvalue weighted by molar-refractivity contribution is -0.132. The number of ether oxygens (including phenoxy) is 1. The van der Waals surface area contributed by atoms with Gasteiger partial charge in [0.1, 0.15) is 5.82 Å². The van der Waals surface area contributed by atoms with Gasteiger partial charge in [0.2, 0.25) is 5.91 Å². The summed E-state index contributed by atoms with van der Waals surface area (Å²) in [5, 5.41) is 5.55. The van der Waals surface area contributed by atoms with Crippen molar-refractivity contribution in [2.75, 3.05) is 36.5 Å². The predicted molar refractivity (Wildman–Crippen MR) is 130 cm³/mol. The first-order chi connectivity index (χ1) is 16.5. The van der Waals surface area contributed by atoms with Crippen LogP contribution in [0.5, 0.6) is 0 Å². The molecule has 0 aliphatic carbocycles. The van der Waals surface area contributed by atoms with Gasteiger partial charge in [-0.1, -0.05) is 0 Å². The van der Waals surface area contributed by atoms with Gasteiger partial charge in [0.15, 0.2) is 5.82 Å². The molecular weight excluding hydrogens is 432 g/mol. The molecule has 9 nitrogen and oxygen atoms in total. The number of hydrogen-bond donors (Lipinski definition) is 2. The van der Waals surface area contributed by atoms with Crippen LogP contribution in [-0.4, -0.2) is 65.2 Å². The number of carbonyl (C=O) groups excluding carboxylic acids is 2. The number of nitrogens with one attached hydrogen (secondary N) is 2. The van der Waals surface area contributed by atoms with Gasteiger partial charge in [-0.15, -0.1) is 0 Å². The first kappa shape index (κ1) is 22.6. The van der Waals surface area contributed by atoms with Gasteiger partial charge in [0, 0.05) is 49.3 Å². The molecule has 1 aromatic carbocycles. The third kappa shape index (κ3) is 4.09. The minimum atomic E-state index is -0.227. The number of aromatic nitrogens is 2. The number of fused-ring (bicyclic) bond motifs is 4. The molecule has 2 N–H and O–H groups in total. The van der Waals surface area contributed by atoms with Crippen molar-refractivity contribution >= 4 is 23.4 Å². The molecule has 9 heteroatoms. The Morgan fingerprint density at radius 2 is 1.97 bits per heavy atom. The number of nitrogens with zero attached hydrogens (tertiary/aromatic N) is 4. The molecule has 5 rings (SSSR count). The van der Waals surface area contributed by atoms with Crippen LogP contribution in [0.25, 0.3) is 11.4 Å². The Bertz CT molecular complexity index is 1090. The molecule has 0 spiro atoms. The number of hydrogen-bond acceptors (Lipinski definition) is 6. The number of benzene rings is 1. The van der Waals surface area contributed by atoms with Crippen molar-refractivity contribution in [3.8, 4) is 11.4 Å². The molecule has 0 saturated carbocycles. The maximum atomic E-state index is 12.5. The zero-order valence-corrected chi connectivity index (χ0v) is 20.0. The van der Waals surface area contributed by atoms with E-state index in [4.69, 9.17) is 14.7 Å². The van der Waals surface area contributed by atoms with Crippen molar-refractivity contribution in [3.05, 3.63) is 35.5 Å². The summed E-state index contributed by atoms with van der Waals surface area (Å²) >= 11 is 0. The van der Waals surface area contributed by atoms with E-state index in [2.05, 4.69) is 22.5 Å². The highest BCUT2D eigenvalue weighted by Gasteiger charge is 2.45. The summed E-state index contributed by atoms with van der Waals surface area (Å²) in [7, 11) is 0. The van der Waals surface area contributed by atoms with Crippen LogP contribution in [0.2, 0.25) is 0 Å². The highest BCUT2D eigenvalue weighted by molar-refractivity contribution is 5.89. The number of anilines is 2. The Kier molecular flexibility index (Phi) is 6.12. The van der Waals surface area contributed by atoms with Crippen molar-refractivity contribution < 1.29 is 14.3 Å². The molecule has 0 radical (unpaired) electrons. The zero-order valence-electron chi connectivity index (χ0n) is 20.0. The first-order valence-corrected chi connectivity index (χ1v) is 12.2. The molecule has 2 saturated heterocycles. The minimum absolute atomic E-state index is 0.0361. The Labute approximate surface area is 199 Å². The molecule has 3 aliphatic rings. The third-order valence-electron chi connectivity index (χ3n) is 7.01. The van der Waals surface area contributed by atoms with Crippen LogP contribution < -0.4 is 15.5 Å². The number of amides is 3. The average molecular weight is 465 g/mol. The molecule has 2 bridgehead atoms. The lowest BCUT2D eigenvalue weighted by Gasteiger charge is -2.40. The van der Waals surface area contributed by atoms with E-state index in [1.165, 1.54) is 0 Å². The van der Waals surface area contributed by atoms with Gasteiger partial charge < -0.3 is 25.2 Å². The molecule has 3 atom stereocenters. The summed E-state index contributed by atoms with van der Waals surface area (Å²) in [6, 6.07) is 7.82. The lowest BCUT2D eigenvalue weighted by atomic mass is 9.96. The Morgan fingerprint density at radius 1 is 1.18 bits per heavy atom. The SMILES string of the molecule is CCNC(=O)Nc1ccc(-c2nc3c(c(N4CCOC[C@@H]4C)n2)[C@H]2CC[C@@H](C3)N2C(C)=O)cc1. The van der Waals surface area contributed by atoms with Crippen molar-refractivity contribution in [2.45, 2.75) is 58.2 Å². The third-order valence-corrected chi connectivity index (χ3v) is 7.01. The normalized spacial score (nSPS) is 23.4. The monoisotopic (exact) mass is 464 g/mol. The van der Waals surface area contributed by atoms with Crippen molar-refractivity contribution in [1.82, 2.24) is 20.2 Å². The van der Waals surface area contributed by atoms with Crippen LogP contribution in [-0.2, 0) is 16.0 Å². The van der Waals surface area contributed by atoms with Crippen LogP contribution in [0, 0.1) is 0 Å². The van der Waals surface area contributed by atoms with Crippen molar-refractivity contribution in [2.24, 2.45) is 0 Å². The zero-order chi connectivity index (χ0) is 23.8. The van der Waals surface area contributed by atoms with E-state index in [-0.39, 0.29) is 30.1 Å². The standard InChI is InChI=1S/C25H32N6O3/c1-4-26-25(33)27-18-7-5-17(6-8-18)23-28-20-13-19-9-10-21(31(19)16(3)32)22(20)24(29-23)30-11-12-34-14-15(30)2/h5-8,15,19,21H,4,9-14H2,1-3H3,(H2,26,27,33)/t15-,19-,21+/m0/s1. The molecule has 4 heterocycles. The topological polar surface area (TPSA) is 99.7 Å². The Morgan fingerprint density at radius 3 is 2.68 bits per heavy atom. The molecule has 180 valence electrons. The highest BCUT2D eigenvalue weighted by Crippen LogP contribution is 2.47. The molecule has 1 aromatic heterocycles. The van der Waals surface area contributed by atoms with Crippen molar-refractivity contribution in [1.29, 1.82) is 0 Å².